The molecule has 0 aromatic heterocycles. The molecule has 1 saturated heterocycles. The quantitative estimate of drug-likeness (QED) is 0.805. The van der Waals surface area contributed by atoms with E-state index in [1.54, 1.807) is 0 Å². The summed E-state index contributed by atoms with van der Waals surface area (Å²) in [6.07, 6.45) is 1.05. The average Bonchev–Trinajstić information content (AvgIpc) is 3.05. The predicted octanol–water partition coefficient (Wildman–Crippen LogP) is 3.47. The fourth-order valence-electron chi connectivity index (χ4n) is 4.69. The number of rotatable bonds is 0. The molecule has 0 saturated carbocycles. The van der Waals surface area contributed by atoms with E-state index in [4.69, 9.17) is 0 Å². The molecule has 3 atom stereocenters. The minimum atomic E-state index is 0.175. The third-order valence-electron chi connectivity index (χ3n) is 5.58. The van der Waals surface area contributed by atoms with Crippen LogP contribution in [0.15, 0.2) is 42.5 Å². The first-order valence-corrected chi connectivity index (χ1v) is 8.01. The maximum Gasteiger partial charge on any atom is 0.254 e. The van der Waals surface area contributed by atoms with E-state index < -0.39 is 0 Å². The van der Waals surface area contributed by atoms with Gasteiger partial charge in [0, 0.05) is 23.7 Å². The summed E-state index contributed by atoms with van der Waals surface area (Å²) in [7, 11) is 0. The van der Waals surface area contributed by atoms with E-state index in [1.807, 2.05) is 18.2 Å². The zero-order valence-electron chi connectivity index (χ0n) is 12.5. The van der Waals surface area contributed by atoms with Gasteiger partial charge < -0.3 is 10.2 Å². The van der Waals surface area contributed by atoms with E-state index in [0.29, 0.717) is 12.0 Å². The molecule has 2 aromatic rings. The van der Waals surface area contributed by atoms with Gasteiger partial charge in [-0.2, -0.15) is 0 Å². The van der Waals surface area contributed by atoms with Gasteiger partial charge in [-0.3, -0.25) is 4.79 Å². The Morgan fingerprint density at radius 3 is 2.91 bits per heavy atom. The fourth-order valence-corrected chi connectivity index (χ4v) is 4.69. The summed E-state index contributed by atoms with van der Waals surface area (Å²) in [5.41, 5.74) is 6.17. The maximum absolute atomic E-state index is 12.7. The van der Waals surface area contributed by atoms with E-state index in [2.05, 4.69) is 41.4 Å². The van der Waals surface area contributed by atoms with Crippen molar-refractivity contribution < 1.29 is 4.79 Å². The topological polar surface area (TPSA) is 32.3 Å². The molecule has 22 heavy (non-hydrogen) atoms. The number of hydrogen-bond donors (Lipinski definition) is 1. The third kappa shape index (κ3) is 1.39. The van der Waals surface area contributed by atoms with Crippen LogP contribution in [0.2, 0.25) is 0 Å². The summed E-state index contributed by atoms with van der Waals surface area (Å²) < 4.78 is 0. The van der Waals surface area contributed by atoms with Crippen molar-refractivity contribution in [2.24, 2.45) is 0 Å². The van der Waals surface area contributed by atoms with Gasteiger partial charge in [0.2, 0.25) is 0 Å². The first-order valence-electron chi connectivity index (χ1n) is 8.01. The van der Waals surface area contributed by atoms with Crippen molar-refractivity contribution >= 4 is 11.6 Å². The number of aryl methyl sites for hydroxylation is 1. The molecule has 2 aromatic carbocycles. The zero-order valence-corrected chi connectivity index (χ0v) is 12.5. The van der Waals surface area contributed by atoms with Crippen LogP contribution in [0.5, 0.6) is 0 Å². The van der Waals surface area contributed by atoms with Crippen LogP contribution in [-0.4, -0.2) is 23.4 Å². The molecular weight excluding hydrogens is 272 g/mol. The Hall–Kier alpha value is -2.29. The Balaban J connectivity index is 1.65. The lowest BCUT2D eigenvalue weighted by Crippen LogP contribution is -2.45. The molecule has 3 heteroatoms. The van der Waals surface area contributed by atoms with Crippen LogP contribution in [0.3, 0.4) is 0 Å². The van der Waals surface area contributed by atoms with Gasteiger partial charge >= 0.3 is 0 Å². The summed E-state index contributed by atoms with van der Waals surface area (Å²) >= 11 is 0. The van der Waals surface area contributed by atoms with E-state index in [0.717, 1.165) is 18.5 Å². The number of anilines is 1. The van der Waals surface area contributed by atoms with Crippen molar-refractivity contribution in [3.8, 4) is 0 Å². The summed E-state index contributed by atoms with van der Waals surface area (Å²) in [6, 6.07) is 15.1. The molecule has 1 amide bonds. The van der Waals surface area contributed by atoms with E-state index >= 15 is 0 Å². The lowest BCUT2D eigenvalue weighted by molar-refractivity contribution is 0.0638. The maximum atomic E-state index is 12.7. The molecule has 110 valence electrons. The van der Waals surface area contributed by atoms with Crippen LogP contribution in [0.1, 0.15) is 45.4 Å². The third-order valence-corrected chi connectivity index (χ3v) is 5.58. The molecule has 0 bridgehead atoms. The zero-order chi connectivity index (χ0) is 14.8. The number of piperidine rings is 1. The highest BCUT2D eigenvalue weighted by Crippen LogP contribution is 2.51. The minimum absolute atomic E-state index is 0.175. The van der Waals surface area contributed by atoms with Gasteiger partial charge in [0.1, 0.15) is 0 Å². The molecule has 1 N–H and O–H groups in total. The van der Waals surface area contributed by atoms with Crippen LogP contribution in [0, 0.1) is 6.92 Å². The Morgan fingerprint density at radius 1 is 1.14 bits per heavy atom. The van der Waals surface area contributed by atoms with Gasteiger partial charge in [0.15, 0.2) is 0 Å². The molecule has 0 aliphatic carbocycles. The lowest BCUT2D eigenvalue weighted by Gasteiger charge is -2.39. The van der Waals surface area contributed by atoms with Crippen LogP contribution >= 0.6 is 0 Å². The smallest absolute Gasteiger partial charge is 0.254 e. The van der Waals surface area contributed by atoms with Gasteiger partial charge in [0.05, 0.1) is 12.1 Å². The van der Waals surface area contributed by atoms with Crippen molar-refractivity contribution in [2.45, 2.75) is 31.3 Å². The van der Waals surface area contributed by atoms with Crippen LogP contribution < -0.4 is 5.32 Å². The monoisotopic (exact) mass is 290 g/mol. The average molecular weight is 290 g/mol. The number of carbonyl (C=O) groups is 1. The SMILES string of the molecule is Cc1cccc2c1C1CCN3C(=O)c4ccccc4C3C1N2. The standard InChI is InChI=1S/C19H18N2O/c1-11-5-4-8-15-16(11)14-9-10-21-18(17(14)20-15)12-6-2-3-7-13(12)19(21)22/h2-8,14,17-18,20H,9-10H2,1H3. The number of carbonyl (C=O) groups excluding carboxylic acids is 1. The van der Waals surface area contributed by atoms with E-state index in [9.17, 15) is 4.79 Å². The highest BCUT2D eigenvalue weighted by atomic mass is 16.2. The fraction of sp³-hybridized carbons (Fsp3) is 0.316. The molecule has 5 rings (SSSR count). The minimum Gasteiger partial charge on any atom is -0.379 e. The number of nitrogens with zero attached hydrogens (tertiary/aromatic N) is 1. The number of nitrogens with one attached hydrogen (secondary N) is 1. The summed E-state index contributed by atoms with van der Waals surface area (Å²) in [4.78, 5) is 14.7. The molecule has 3 heterocycles. The van der Waals surface area contributed by atoms with Crippen molar-refractivity contribution in [2.75, 3.05) is 11.9 Å². The number of amides is 1. The second kappa shape index (κ2) is 4.13. The van der Waals surface area contributed by atoms with Crippen molar-refractivity contribution in [1.82, 2.24) is 4.90 Å². The summed E-state index contributed by atoms with van der Waals surface area (Å²) in [6.45, 7) is 3.05. The van der Waals surface area contributed by atoms with Crippen LogP contribution in [0.4, 0.5) is 5.69 Å². The van der Waals surface area contributed by atoms with Gasteiger partial charge in [0.25, 0.3) is 5.91 Å². The van der Waals surface area contributed by atoms with Crippen molar-refractivity contribution in [3.05, 3.63) is 64.7 Å². The second-order valence-electron chi connectivity index (χ2n) is 6.63. The molecule has 1 fully saturated rings. The second-order valence-corrected chi connectivity index (χ2v) is 6.63. The largest absolute Gasteiger partial charge is 0.379 e. The first-order chi connectivity index (χ1) is 10.8. The van der Waals surface area contributed by atoms with E-state index in [1.165, 1.54) is 22.4 Å². The molecule has 3 aliphatic rings. The number of fused-ring (bicyclic) bond motifs is 7. The molecule has 0 spiro atoms. The van der Waals surface area contributed by atoms with Crippen molar-refractivity contribution in [3.63, 3.8) is 0 Å². The Morgan fingerprint density at radius 2 is 2.00 bits per heavy atom. The lowest BCUT2D eigenvalue weighted by atomic mass is 9.81. The Kier molecular flexibility index (Phi) is 2.30. The summed E-state index contributed by atoms with van der Waals surface area (Å²) in [5.74, 6) is 0.713. The van der Waals surface area contributed by atoms with Gasteiger partial charge in [-0.25, -0.2) is 0 Å². The number of benzene rings is 2. The predicted molar refractivity (Wildman–Crippen MR) is 86.2 cm³/mol. The molecular formula is C19H18N2O. The molecule has 3 nitrogen and oxygen atoms in total. The highest BCUT2D eigenvalue weighted by molar-refractivity contribution is 5.99. The van der Waals surface area contributed by atoms with E-state index in [-0.39, 0.29) is 11.9 Å². The first kappa shape index (κ1) is 12.3. The Labute approximate surface area is 129 Å². The summed E-state index contributed by atoms with van der Waals surface area (Å²) in [5, 5.41) is 3.72. The van der Waals surface area contributed by atoms with Gasteiger partial charge in [-0.05, 0) is 42.2 Å². The number of hydrogen-bond acceptors (Lipinski definition) is 2. The van der Waals surface area contributed by atoms with Gasteiger partial charge in [-0.15, -0.1) is 0 Å². The van der Waals surface area contributed by atoms with Gasteiger partial charge in [-0.1, -0.05) is 30.3 Å². The molecule has 3 aliphatic heterocycles. The molecule has 3 unspecified atom stereocenters. The highest BCUT2D eigenvalue weighted by Gasteiger charge is 2.50. The van der Waals surface area contributed by atoms with Crippen LogP contribution in [-0.2, 0) is 0 Å². The van der Waals surface area contributed by atoms with Crippen molar-refractivity contribution in [1.29, 1.82) is 0 Å². The molecule has 0 radical (unpaired) electrons. The Bertz CT molecular complexity index is 798. The normalized spacial score (nSPS) is 27.8. The van der Waals surface area contributed by atoms with Crippen LogP contribution in [0.25, 0.3) is 0 Å².